The Morgan fingerprint density at radius 1 is 1.40 bits per heavy atom. The maximum absolute atomic E-state index is 5.50. The Labute approximate surface area is 87.9 Å². The van der Waals surface area contributed by atoms with E-state index in [9.17, 15) is 0 Å². The molecule has 3 N–H and O–H groups in total. The fourth-order valence-electron chi connectivity index (χ4n) is 1.36. The quantitative estimate of drug-likeness (QED) is 0.775. The van der Waals surface area contributed by atoms with Gasteiger partial charge in [0.25, 0.3) is 0 Å². The third-order valence-electron chi connectivity index (χ3n) is 2.08. The number of hydrogen-bond acceptors (Lipinski definition) is 4. The molecule has 2 rings (SSSR count). The number of aromatic nitrogens is 3. The summed E-state index contributed by atoms with van der Waals surface area (Å²) < 4.78 is 1.77. The molecule has 5 heteroatoms. The van der Waals surface area contributed by atoms with Crippen molar-refractivity contribution in [3.05, 3.63) is 30.2 Å². The summed E-state index contributed by atoms with van der Waals surface area (Å²) in [6.07, 6.45) is 3.62. The molecule has 0 spiro atoms. The second kappa shape index (κ2) is 3.61. The molecule has 5 nitrogen and oxygen atoms in total. The highest BCUT2D eigenvalue weighted by Crippen LogP contribution is 2.18. The number of nitrogens with zero attached hydrogens (tertiary/aromatic N) is 3. The first-order valence-corrected chi connectivity index (χ1v) is 4.64. The number of anilines is 3. The third kappa shape index (κ3) is 2.07. The van der Waals surface area contributed by atoms with E-state index < -0.39 is 0 Å². The Hall–Kier alpha value is -2.04. The van der Waals surface area contributed by atoms with Crippen molar-refractivity contribution < 1.29 is 0 Å². The number of nitrogens with two attached hydrogens (primary N) is 1. The predicted molar refractivity (Wildman–Crippen MR) is 59.9 cm³/mol. The molecule has 0 aromatic carbocycles. The minimum Gasteiger partial charge on any atom is -0.384 e. The van der Waals surface area contributed by atoms with Gasteiger partial charge in [0.05, 0.1) is 23.3 Å². The van der Waals surface area contributed by atoms with E-state index >= 15 is 0 Å². The standard InChI is InChI=1S/C10H13N5/c1-7-9(6-15(2)14-7)13-8-3-4-10(11)12-5-8/h3-6,13H,1-2H3,(H2,11,12). The van der Waals surface area contributed by atoms with E-state index in [1.807, 2.05) is 26.2 Å². The number of hydrogen-bond donors (Lipinski definition) is 2. The van der Waals surface area contributed by atoms with Gasteiger partial charge in [0.1, 0.15) is 5.82 Å². The summed E-state index contributed by atoms with van der Waals surface area (Å²) in [6.45, 7) is 1.95. The van der Waals surface area contributed by atoms with Crippen LogP contribution in [-0.4, -0.2) is 14.8 Å². The second-order valence-corrected chi connectivity index (χ2v) is 3.40. The van der Waals surface area contributed by atoms with Crippen molar-refractivity contribution in [1.82, 2.24) is 14.8 Å². The summed E-state index contributed by atoms with van der Waals surface area (Å²) in [5.41, 5.74) is 8.33. The fourth-order valence-corrected chi connectivity index (χ4v) is 1.36. The Bertz CT molecular complexity index is 457. The van der Waals surface area contributed by atoms with E-state index in [1.54, 1.807) is 16.9 Å². The molecule has 78 valence electrons. The highest BCUT2D eigenvalue weighted by molar-refractivity contribution is 5.60. The monoisotopic (exact) mass is 203 g/mol. The van der Waals surface area contributed by atoms with Gasteiger partial charge < -0.3 is 11.1 Å². The average Bonchev–Trinajstić information content (AvgIpc) is 2.49. The summed E-state index contributed by atoms with van der Waals surface area (Å²) in [4.78, 5) is 4.00. The summed E-state index contributed by atoms with van der Waals surface area (Å²) in [6, 6.07) is 3.64. The molecule has 0 aliphatic carbocycles. The van der Waals surface area contributed by atoms with Crippen LogP contribution in [0.2, 0.25) is 0 Å². The largest absolute Gasteiger partial charge is 0.384 e. The molecular weight excluding hydrogens is 190 g/mol. The summed E-state index contributed by atoms with van der Waals surface area (Å²) in [7, 11) is 1.89. The Kier molecular flexibility index (Phi) is 2.29. The van der Waals surface area contributed by atoms with Crippen LogP contribution in [0.25, 0.3) is 0 Å². The number of nitrogens with one attached hydrogen (secondary N) is 1. The van der Waals surface area contributed by atoms with Crippen molar-refractivity contribution in [3.8, 4) is 0 Å². The van der Waals surface area contributed by atoms with E-state index in [4.69, 9.17) is 5.73 Å². The van der Waals surface area contributed by atoms with Crippen LogP contribution in [0.15, 0.2) is 24.5 Å². The van der Waals surface area contributed by atoms with Gasteiger partial charge in [0.15, 0.2) is 0 Å². The Balaban J connectivity index is 2.21. The molecule has 0 radical (unpaired) electrons. The molecule has 2 aromatic rings. The zero-order valence-electron chi connectivity index (χ0n) is 8.73. The van der Waals surface area contributed by atoms with Crippen molar-refractivity contribution in [2.45, 2.75) is 6.92 Å². The van der Waals surface area contributed by atoms with Gasteiger partial charge in [0.2, 0.25) is 0 Å². The van der Waals surface area contributed by atoms with Gasteiger partial charge in [-0.05, 0) is 19.1 Å². The lowest BCUT2D eigenvalue weighted by molar-refractivity contribution is 0.756. The molecule has 0 atom stereocenters. The second-order valence-electron chi connectivity index (χ2n) is 3.40. The van der Waals surface area contributed by atoms with Gasteiger partial charge in [-0.3, -0.25) is 4.68 Å². The first kappa shape index (κ1) is 9.51. The highest BCUT2D eigenvalue weighted by atomic mass is 15.3. The maximum atomic E-state index is 5.50. The molecule has 0 saturated carbocycles. The lowest BCUT2D eigenvalue weighted by Crippen LogP contribution is -1.94. The smallest absolute Gasteiger partial charge is 0.123 e. The Morgan fingerprint density at radius 2 is 2.20 bits per heavy atom. The molecule has 2 aromatic heterocycles. The number of aryl methyl sites for hydroxylation is 2. The number of pyridine rings is 1. The van der Waals surface area contributed by atoms with E-state index in [1.165, 1.54) is 0 Å². The normalized spacial score (nSPS) is 10.3. The van der Waals surface area contributed by atoms with E-state index in [0.717, 1.165) is 17.1 Å². The topological polar surface area (TPSA) is 68.8 Å². The van der Waals surface area contributed by atoms with Crippen LogP contribution in [0.1, 0.15) is 5.69 Å². The highest BCUT2D eigenvalue weighted by Gasteiger charge is 2.02. The number of rotatable bonds is 2. The fraction of sp³-hybridized carbons (Fsp3) is 0.200. The summed E-state index contributed by atoms with van der Waals surface area (Å²) in [5, 5.41) is 7.45. The summed E-state index contributed by atoms with van der Waals surface area (Å²) in [5.74, 6) is 0.517. The summed E-state index contributed by atoms with van der Waals surface area (Å²) >= 11 is 0. The van der Waals surface area contributed by atoms with Crippen molar-refractivity contribution >= 4 is 17.2 Å². The van der Waals surface area contributed by atoms with Crippen molar-refractivity contribution in [2.75, 3.05) is 11.1 Å². The predicted octanol–water partition coefficient (Wildman–Crippen LogP) is 1.45. The molecule has 0 bridgehead atoms. The minimum absolute atomic E-state index is 0.517. The van der Waals surface area contributed by atoms with Gasteiger partial charge in [-0.15, -0.1) is 0 Å². The van der Waals surface area contributed by atoms with Crippen molar-refractivity contribution in [3.63, 3.8) is 0 Å². The van der Waals surface area contributed by atoms with E-state index in [0.29, 0.717) is 5.82 Å². The van der Waals surface area contributed by atoms with E-state index in [2.05, 4.69) is 15.4 Å². The zero-order valence-corrected chi connectivity index (χ0v) is 8.73. The van der Waals surface area contributed by atoms with Gasteiger partial charge in [-0.2, -0.15) is 5.10 Å². The van der Waals surface area contributed by atoms with Crippen LogP contribution in [0.4, 0.5) is 17.2 Å². The first-order valence-electron chi connectivity index (χ1n) is 4.64. The van der Waals surface area contributed by atoms with Gasteiger partial charge in [0, 0.05) is 13.2 Å². The van der Waals surface area contributed by atoms with Crippen molar-refractivity contribution in [1.29, 1.82) is 0 Å². The molecule has 2 heterocycles. The van der Waals surface area contributed by atoms with Crippen LogP contribution < -0.4 is 11.1 Å². The average molecular weight is 203 g/mol. The molecule has 0 fully saturated rings. The number of nitrogen functional groups attached to an aromatic ring is 1. The van der Waals surface area contributed by atoms with Crippen molar-refractivity contribution in [2.24, 2.45) is 7.05 Å². The molecular formula is C10H13N5. The molecule has 15 heavy (non-hydrogen) atoms. The minimum atomic E-state index is 0.517. The molecule has 0 unspecified atom stereocenters. The Morgan fingerprint density at radius 3 is 2.73 bits per heavy atom. The van der Waals surface area contributed by atoms with Gasteiger partial charge >= 0.3 is 0 Å². The van der Waals surface area contributed by atoms with Crippen LogP contribution in [0.3, 0.4) is 0 Å². The van der Waals surface area contributed by atoms with Gasteiger partial charge in [-0.1, -0.05) is 0 Å². The molecule has 0 aliphatic rings. The van der Waals surface area contributed by atoms with Gasteiger partial charge in [-0.25, -0.2) is 4.98 Å². The SMILES string of the molecule is Cc1nn(C)cc1Nc1ccc(N)nc1. The molecule has 0 aliphatic heterocycles. The lowest BCUT2D eigenvalue weighted by Gasteiger charge is -2.03. The molecule has 0 saturated heterocycles. The zero-order chi connectivity index (χ0) is 10.8. The lowest BCUT2D eigenvalue weighted by atomic mass is 10.3. The van der Waals surface area contributed by atoms with Crippen LogP contribution in [0, 0.1) is 6.92 Å². The van der Waals surface area contributed by atoms with Crippen LogP contribution >= 0.6 is 0 Å². The molecule has 0 amide bonds. The first-order chi connectivity index (χ1) is 7.15. The maximum Gasteiger partial charge on any atom is 0.123 e. The van der Waals surface area contributed by atoms with E-state index in [-0.39, 0.29) is 0 Å². The third-order valence-corrected chi connectivity index (χ3v) is 2.08. The van der Waals surface area contributed by atoms with Crippen LogP contribution in [-0.2, 0) is 7.05 Å². The van der Waals surface area contributed by atoms with Crippen LogP contribution in [0.5, 0.6) is 0 Å².